The maximum atomic E-state index is 12.1. The van der Waals surface area contributed by atoms with Gasteiger partial charge in [-0.1, -0.05) is 12.1 Å². The number of nitrogens with zero attached hydrogens (tertiary/aromatic N) is 2. The summed E-state index contributed by atoms with van der Waals surface area (Å²) in [6, 6.07) is 15.2. The summed E-state index contributed by atoms with van der Waals surface area (Å²) in [7, 11) is 0. The number of amides is 1. The van der Waals surface area contributed by atoms with Crippen LogP contribution in [0.5, 0.6) is 11.5 Å². The van der Waals surface area contributed by atoms with Gasteiger partial charge in [-0.05, 0) is 55.3 Å². The van der Waals surface area contributed by atoms with E-state index in [0.717, 1.165) is 44.0 Å². The Morgan fingerprint density at radius 1 is 1.11 bits per heavy atom. The molecule has 0 radical (unpaired) electrons. The number of hydrogen-bond acceptors (Lipinski definition) is 5. The van der Waals surface area contributed by atoms with Crippen LogP contribution in [0.1, 0.15) is 12.0 Å². The lowest BCUT2D eigenvalue weighted by Gasteiger charge is -2.35. The molecule has 0 saturated carbocycles. The molecule has 1 aliphatic rings. The van der Waals surface area contributed by atoms with E-state index >= 15 is 0 Å². The standard InChI is InChI=1S/C22H29N3O3/c1-18-4-2-5-21(16-18)28-15-3-10-23-22(27)17-24-11-13-25(14-12-24)19-6-8-20(26)9-7-19/h2,4-9,16,26H,3,10-15,17H2,1H3,(H,23,27). The van der Waals surface area contributed by atoms with Crippen molar-refractivity contribution in [2.45, 2.75) is 13.3 Å². The Morgan fingerprint density at radius 3 is 2.57 bits per heavy atom. The van der Waals surface area contributed by atoms with Gasteiger partial charge in [-0.15, -0.1) is 0 Å². The lowest BCUT2D eigenvalue weighted by molar-refractivity contribution is -0.122. The maximum absolute atomic E-state index is 12.1. The first kappa shape index (κ1) is 20.0. The second kappa shape index (κ2) is 9.99. The van der Waals surface area contributed by atoms with Crippen LogP contribution in [0.25, 0.3) is 0 Å². The fourth-order valence-corrected chi connectivity index (χ4v) is 3.28. The normalized spacial score (nSPS) is 14.7. The predicted octanol–water partition coefficient (Wildman–Crippen LogP) is 2.41. The number of nitrogens with one attached hydrogen (secondary N) is 1. The second-order valence-corrected chi connectivity index (χ2v) is 7.15. The lowest BCUT2D eigenvalue weighted by Crippen LogP contribution is -2.49. The number of benzene rings is 2. The third kappa shape index (κ3) is 6.16. The molecule has 1 saturated heterocycles. The number of piperazine rings is 1. The van der Waals surface area contributed by atoms with Gasteiger partial charge in [-0.25, -0.2) is 0 Å². The van der Waals surface area contributed by atoms with Crippen molar-refractivity contribution in [2.75, 3.05) is 50.8 Å². The number of carbonyl (C=O) groups is 1. The maximum Gasteiger partial charge on any atom is 0.234 e. The zero-order valence-corrected chi connectivity index (χ0v) is 16.4. The van der Waals surface area contributed by atoms with Gasteiger partial charge >= 0.3 is 0 Å². The van der Waals surface area contributed by atoms with Crippen molar-refractivity contribution >= 4 is 11.6 Å². The van der Waals surface area contributed by atoms with E-state index in [2.05, 4.69) is 15.1 Å². The van der Waals surface area contributed by atoms with Gasteiger partial charge < -0.3 is 20.1 Å². The van der Waals surface area contributed by atoms with Gasteiger partial charge in [-0.2, -0.15) is 0 Å². The molecule has 1 fully saturated rings. The molecule has 1 aliphatic heterocycles. The molecule has 1 heterocycles. The molecule has 3 rings (SSSR count). The summed E-state index contributed by atoms with van der Waals surface area (Å²) in [5.74, 6) is 1.22. The highest BCUT2D eigenvalue weighted by Gasteiger charge is 2.19. The first-order valence-electron chi connectivity index (χ1n) is 9.83. The van der Waals surface area contributed by atoms with Gasteiger partial charge in [0, 0.05) is 38.4 Å². The minimum atomic E-state index is 0.0636. The summed E-state index contributed by atoms with van der Waals surface area (Å²) in [5, 5.41) is 12.4. The van der Waals surface area contributed by atoms with Crippen LogP contribution < -0.4 is 15.0 Å². The van der Waals surface area contributed by atoms with Gasteiger partial charge in [0.05, 0.1) is 13.2 Å². The molecular formula is C22H29N3O3. The molecule has 0 atom stereocenters. The van der Waals surface area contributed by atoms with Crippen molar-refractivity contribution in [3.63, 3.8) is 0 Å². The van der Waals surface area contributed by atoms with Gasteiger partial charge in [0.1, 0.15) is 11.5 Å². The Morgan fingerprint density at radius 2 is 1.86 bits per heavy atom. The van der Waals surface area contributed by atoms with Crippen LogP contribution in [0, 0.1) is 6.92 Å². The number of ether oxygens (including phenoxy) is 1. The van der Waals surface area contributed by atoms with E-state index in [4.69, 9.17) is 4.74 Å². The Kier molecular flexibility index (Phi) is 7.14. The molecule has 2 N–H and O–H groups in total. The summed E-state index contributed by atoms with van der Waals surface area (Å²) in [6.45, 7) is 7.15. The van der Waals surface area contributed by atoms with E-state index in [1.807, 2.05) is 43.3 Å². The summed E-state index contributed by atoms with van der Waals surface area (Å²) in [6.07, 6.45) is 0.786. The molecule has 0 spiro atoms. The number of rotatable bonds is 8. The molecule has 2 aromatic carbocycles. The van der Waals surface area contributed by atoms with Crippen molar-refractivity contribution in [3.8, 4) is 11.5 Å². The predicted molar refractivity (Wildman–Crippen MR) is 111 cm³/mol. The fraction of sp³-hybridized carbons (Fsp3) is 0.409. The van der Waals surface area contributed by atoms with E-state index in [-0.39, 0.29) is 11.7 Å². The van der Waals surface area contributed by atoms with Crippen LogP contribution in [0.4, 0.5) is 5.69 Å². The second-order valence-electron chi connectivity index (χ2n) is 7.15. The molecule has 1 amide bonds. The Hall–Kier alpha value is -2.73. The van der Waals surface area contributed by atoms with Crippen LogP contribution in [0.2, 0.25) is 0 Å². The molecule has 0 aromatic heterocycles. The Labute approximate surface area is 166 Å². The number of carbonyl (C=O) groups excluding carboxylic acids is 1. The lowest BCUT2D eigenvalue weighted by atomic mass is 10.2. The van der Waals surface area contributed by atoms with Crippen LogP contribution in [-0.4, -0.2) is 61.8 Å². The van der Waals surface area contributed by atoms with Crippen molar-refractivity contribution in [2.24, 2.45) is 0 Å². The molecule has 2 aromatic rings. The summed E-state index contributed by atoms with van der Waals surface area (Å²) in [4.78, 5) is 16.6. The summed E-state index contributed by atoms with van der Waals surface area (Å²) >= 11 is 0. The summed E-state index contributed by atoms with van der Waals surface area (Å²) in [5.41, 5.74) is 2.28. The largest absolute Gasteiger partial charge is 0.508 e. The van der Waals surface area contributed by atoms with E-state index in [1.54, 1.807) is 12.1 Å². The minimum absolute atomic E-state index is 0.0636. The number of phenolic OH excluding ortho intramolecular Hbond substituents is 1. The molecule has 6 nitrogen and oxygen atoms in total. The highest BCUT2D eigenvalue weighted by Crippen LogP contribution is 2.19. The molecule has 6 heteroatoms. The van der Waals surface area contributed by atoms with Crippen LogP contribution in [-0.2, 0) is 4.79 Å². The van der Waals surface area contributed by atoms with E-state index in [1.165, 1.54) is 5.56 Å². The van der Waals surface area contributed by atoms with Gasteiger partial charge in [0.25, 0.3) is 0 Å². The van der Waals surface area contributed by atoms with Crippen LogP contribution in [0.15, 0.2) is 48.5 Å². The molecule has 28 heavy (non-hydrogen) atoms. The van der Waals surface area contributed by atoms with Crippen molar-refractivity contribution in [1.82, 2.24) is 10.2 Å². The van der Waals surface area contributed by atoms with Gasteiger partial charge in [0.15, 0.2) is 0 Å². The van der Waals surface area contributed by atoms with Crippen LogP contribution >= 0.6 is 0 Å². The number of phenols is 1. The van der Waals surface area contributed by atoms with Crippen molar-refractivity contribution in [1.29, 1.82) is 0 Å². The highest BCUT2D eigenvalue weighted by atomic mass is 16.5. The monoisotopic (exact) mass is 383 g/mol. The van der Waals surface area contributed by atoms with Crippen LogP contribution in [0.3, 0.4) is 0 Å². The average molecular weight is 383 g/mol. The van der Waals surface area contributed by atoms with E-state index in [9.17, 15) is 9.90 Å². The third-order valence-corrected chi connectivity index (χ3v) is 4.86. The zero-order chi connectivity index (χ0) is 19.8. The van der Waals surface area contributed by atoms with E-state index < -0.39 is 0 Å². The summed E-state index contributed by atoms with van der Waals surface area (Å²) < 4.78 is 5.70. The topological polar surface area (TPSA) is 65.0 Å². The molecular weight excluding hydrogens is 354 g/mol. The highest BCUT2D eigenvalue weighted by molar-refractivity contribution is 5.78. The van der Waals surface area contributed by atoms with Crippen molar-refractivity contribution < 1.29 is 14.6 Å². The fourth-order valence-electron chi connectivity index (χ4n) is 3.28. The molecule has 0 aliphatic carbocycles. The van der Waals surface area contributed by atoms with E-state index in [0.29, 0.717) is 19.7 Å². The number of aryl methyl sites for hydroxylation is 1. The first-order valence-corrected chi connectivity index (χ1v) is 9.83. The smallest absolute Gasteiger partial charge is 0.234 e. The number of anilines is 1. The Balaban J connectivity index is 1.29. The number of aromatic hydroxyl groups is 1. The zero-order valence-electron chi connectivity index (χ0n) is 16.4. The quantitative estimate of drug-likeness (QED) is 0.686. The Bertz CT molecular complexity index is 756. The SMILES string of the molecule is Cc1cccc(OCCCNC(=O)CN2CCN(c3ccc(O)cc3)CC2)c1. The van der Waals surface area contributed by atoms with Gasteiger partial charge in [-0.3, -0.25) is 9.69 Å². The third-order valence-electron chi connectivity index (χ3n) is 4.86. The van der Waals surface area contributed by atoms with Crippen molar-refractivity contribution in [3.05, 3.63) is 54.1 Å². The molecule has 150 valence electrons. The first-order chi connectivity index (χ1) is 13.6. The van der Waals surface area contributed by atoms with Gasteiger partial charge in [0.2, 0.25) is 5.91 Å². The number of hydrogen-bond donors (Lipinski definition) is 2. The molecule has 0 bridgehead atoms. The minimum Gasteiger partial charge on any atom is -0.508 e. The average Bonchev–Trinajstić information content (AvgIpc) is 2.69. The molecule has 0 unspecified atom stereocenters.